The minimum Gasteiger partial charge on any atom is -0.389 e. The summed E-state index contributed by atoms with van der Waals surface area (Å²) in [4.78, 5) is 1.78. The van der Waals surface area contributed by atoms with Crippen LogP contribution in [0.5, 0.6) is 0 Å². The topological polar surface area (TPSA) is 94.4 Å². The Bertz CT molecular complexity index is 804. The van der Waals surface area contributed by atoms with E-state index < -0.39 is 27.5 Å². The Balaban J connectivity index is 1.63. The van der Waals surface area contributed by atoms with Crippen molar-refractivity contribution in [3.8, 4) is 0 Å². The maximum Gasteiger partial charge on any atom is 0.442 e. The number of alkyl halides is 3. The lowest BCUT2D eigenvalue weighted by Crippen LogP contribution is -2.61. The van der Waals surface area contributed by atoms with Crippen molar-refractivity contribution < 1.29 is 26.7 Å². The highest BCUT2D eigenvalue weighted by Gasteiger charge is 2.65. The van der Waals surface area contributed by atoms with E-state index in [0.29, 0.717) is 19.6 Å². The fourth-order valence-corrected chi connectivity index (χ4v) is 4.14. The molecule has 0 aromatic heterocycles. The van der Waals surface area contributed by atoms with Crippen molar-refractivity contribution in [2.24, 2.45) is 10.2 Å². The molecular weight excluding hydrogens is 373 g/mol. The first-order chi connectivity index (χ1) is 11.8. The van der Waals surface area contributed by atoms with E-state index in [0.717, 1.165) is 24.3 Å². The predicted octanol–water partition coefficient (Wildman–Crippen LogP) is 1.60. The second-order valence-corrected chi connectivity index (χ2v) is 8.93. The molecule has 0 atom stereocenters. The molecule has 1 saturated heterocycles. The number of likely N-dealkylation sites (tertiary alicyclic amines) is 1. The Morgan fingerprint density at radius 1 is 1.23 bits per heavy atom. The summed E-state index contributed by atoms with van der Waals surface area (Å²) in [5.74, 6) is 0. The zero-order chi connectivity index (χ0) is 19.4. The molecule has 0 radical (unpaired) electrons. The standard InChI is InChI=1S/C15H19F3N4O3S/c1-13(2,23)9-22-7-11(8-22)19-26(24,25)12-5-3-10(4-6-12)14(20-21-14)15(16,17)18/h3-6,11,19,23H,7-9H2,1-2H3. The Hall–Kier alpha value is -1.56. The van der Waals surface area contributed by atoms with Crippen molar-refractivity contribution >= 4 is 10.0 Å². The molecule has 1 aromatic carbocycles. The van der Waals surface area contributed by atoms with Gasteiger partial charge in [-0.1, -0.05) is 12.1 Å². The summed E-state index contributed by atoms with van der Waals surface area (Å²) in [6.45, 7) is 4.66. The van der Waals surface area contributed by atoms with Crippen LogP contribution >= 0.6 is 0 Å². The van der Waals surface area contributed by atoms with Gasteiger partial charge in [-0.05, 0) is 26.0 Å². The van der Waals surface area contributed by atoms with Crippen molar-refractivity contribution in [2.45, 2.75) is 42.2 Å². The summed E-state index contributed by atoms with van der Waals surface area (Å²) in [6, 6.07) is 4.06. The number of nitrogens with one attached hydrogen (secondary N) is 1. The highest BCUT2D eigenvalue weighted by molar-refractivity contribution is 7.89. The van der Waals surface area contributed by atoms with Gasteiger partial charge in [-0.3, -0.25) is 4.90 Å². The molecule has 1 fully saturated rings. The molecular formula is C15H19F3N4O3S. The van der Waals surface area contributed by atoms with Crippen LogP contribution in [0.2, 0.25) is 0 Å². The van der Waals surface area contributed by atoms with Crippen LogP contribution in [-0.2, 0) is 15.7 Å². The number of benzene rings is 1. The van der Waals surface area contributed by atoms with E-state index in [1.54, 1.807) is 13.8 Å². The second kappa shape index (κ2) is 5.98. The van der Waals surface area contributed by atoms with Crippen LogP contribution in [0.3, 0.4) is 0 Å². The van der Waals surface area contributed by atoms with Gasteiger partial charge in [-0.15, -0.1) is 10.2 Å². The number of aliphatic hydroxyl groups is 1. The molecule has 0 amide bonds. The van der Waals surface area contributed by atoms with Gasteiger partial charge in [0.2, 0.25) is 10.0 Å². The van der Waals surface area contributed by atoms with Crippen molar-refractivity contribution in [1.82, 2.24) is 9.62 Å². The minimum absolute atomic E-state index is 0.125. The normalized spacial score (nSPS) is 20.8. The first-order valence-corrected chi connectivity index (χ1v) is 9.39. The smallest absolute Gasteiger partial charge is 0.389 e. The van der Waals surface area contributed by atoms with Crippen molar-refractivity contribution in [3.05, 3.63) is 29.8 Å². The Kier molecular flexibility index (Phi) is 4.42. The minimum atomic E-state index is -4.65. The third-order valence-corrected chi connectivity index (χ3v) is 5.69. The molecule has 0 aliphatic carbocycles. The third-order valence-electron chi connectivity index (χ3n) is 4.15. The number of sulfonamides is 1. The summed E-state index contributed by atoms with van der Waals surface area (Å²) in [5, 5.41) is 15.9. The van der Waals surface area contributed by atoms with Crippen LogP contribution in [0, 0.1) is 0 Å². The number of β-amino-alcohol motifs (C(OH)–C–C–N with tert-alkyl or cyclic N) is 1. The Morgan fingerprint density at radius 3 is 2.19 bits per heavy atom. The lowest BCUT2D eigenvalue weighted by molar-refractivity contribution is -0.166. The van der Waals surface area contributed by atoms with Gasteiger partial charge < -0.3 is 5.11 Å². The van der Waals surface area contributed by atoms with E-state index in [2.05, 4.69) is 15.0 Å². The first-order valence-electron chi connectivity index (χ1n) is 7.91. The van der Waals surface area contributed by atoms with E-state index >= 15 is 0 Å². The predicted molar refractivity (Wildman–Crippen MR) is 85.9 cm³/mol. The average molecular weight is 392 g/mol. The number of halogens is 3. The summed E-state index contributed by atoms with van der Waals surface area (Å²) in [6.07, 6.45) is -4.65. The molecule has 2 aliphatic rings. The Morgan fingerprint density at radius 2 is 1.77 bits per heavy atom. The maximum atomic E-state index is 13.0. The zero-order valence-corrected chi connectivity index (χ0v) is 15.0. The molecule has 144 valence electrons. The summed E-state index contributed by atoms with van der Waals surface area (Å²) in [5.41, 5.74) is -3.65. The quantitative estimate of drug-likeness (QED) is 0.769. The molecule has 2 aliphatic heterocycles. The van der Waals surface area contributed by atoms with Crippen LogP contribution in [0.25, 0.3) is 0 Å². The highest BCUT2D eigenvalue weighted by Crippen LogP contribution is 2.52. The van der Waals surface area contributed by atoms with Gasteiger partial charge in [0.05, 0.1) is 10.5 Å². The molecule has 0 spiro atoms. The van der Waals surface area contributed by atoms with E-state index in [1.165, 1.54) is 0 Å². The molecule has 2 heterocycles. The van der Waals surface area contributed by atoms with Gasteiger partial charge >= 0.3 is 11.8 Å². The maximum absolute atomic E-state index is 13.0. The van der Waals surface area contributed by atoms with E-state index in [1.807, 2.05) is 4.90 Å². The van der Waals surface area contributed by atoms with Crippen molar-refractivity contribution in [2.75, 3.05) is 19.6 Å². The summed E-state index contributed by atoms with van der Waals surface area (Å²) >= 11 is 0. The molecule has 0 bridgehead atoms. The Labute approximate surface area is 149 Å². The van der Waals surface area contributed by atoms with E-state index in [9.17, 15) is 26.7 Å². The monoisotopic (exact) mass is 392 g/mol. The number of hydrogen-bond acceptors (Lipinski definition) is 6. The van der Waals surface area contributed by atoms with E-state index in [4.69, 9.17) is 0 Å². The van der Waals surface area contributed by atoms with E-state index in [-0.39, 0.29) is 16.5 Å². The fourth-order valence-electron chi connectivity index (χ4n) is 2.92. The molecule has 2 N–H and O–H groups in total. The van der Waals surface area contributed by atoms with Crippen LogP contribution in [-0.4, -0.2) is 55.9 Å². The van der Waals surface area contributed by atoms with Crippen LogP contribution in [0.4, 0.5) is 13.2 Å². The second-order valence-electron chi connectivity index (χ2n) is 7.22. The number of nitrogens with zero attached hydrogens (tertiary/aromatic N) is 3. The van der Waals surface area contributed by atoms with Crippen molar-refractivity contribution in [1.29, 1.82) is 0 Å². The molecule has 0 saturated carbocycles. The van der Waals surface area contributed by atoms with Gasteiger partial charge in [0.15, 0.2) is 0 Å². The summed E-state index contributed by atoms with van der Waals surface area (Å²) in [7, 11) is -3.85. The molecule has 26 heavy (non-hydrogen) atoms. The van der Waals surface area contributed by atoms with Gasteiger partial charge in [0.25, 0.3) is 0 Å². The summed E-state index contributed by atoms with van der Waals surface area (Å²) < 4.78 is 66.1. The lowest BCUT2D eigenvalue weighted by atomic mass is 10.0. The average Bonchev–Trinajstić information content (AvgIpc) is 3.25. The third kappa shape index (κ3) is 3.75. The van der Waals surface area contributed by atoms with Gasteiger partial charge in [0, 0.05) is 31.2 Å². The fraction of sp³-hybridized carbons (Fsp3) is 0.600. The molecule has 11 heteroatoms. The first kappa shape index (κ1) is 19.2. The van der Waals surface area contributed by atoms with Crippen LogP contribution < -0.4 is 4.72 Å². The van der Waals surface area contributed by atoms with Gasteiger partial charge in [-0.25, -0.2) is 13.1 Å². The lowest BCUT2D eigenvalue weighted by Gasteiger charge is -2.41. The number of rotatable bonds is 6. The molecule has 1 aromatic rings. The zero-order valence-electron chi connectivity index (χ0n) is 14.2. The van der Waals surface area contributed by atoms with Crippen molar-refractivity contribution in [3.63, 3.8) is 0 Å². The van der Waals surface area contributed by atoms with Gasteiger partial charge in [0.1, 0.15) is 0 Å². The van der Waals surface area contributed by atoms with Gasteiger partial charge in [-0.2, -0.15) is 13.2 Å². The molecule has 0 unspecified atom stereocenters. The molecule has 3 rings (SSSR count). The highest BCUT2D eigenvalue weighted by atomic mass is 32.2. The number of hydrogen-bond donors (Lipinski definition) is 2. The van der Waals surface area contributed by atoms with Crippen LogP contribution in [0.15, 0.2) is 39.4 Å². The van der Waals surface area contributed by atoms with Crippen LogP contribution in [0.1, 0.15) is 19.4 Å². The molecule has 7 nitrogen and oxygen atoms in total. The largest absolute Gasteiger partial charge is 0.442 e. The SMILES string of the molecule is CC(C)(O)CN1CC(NS(=O)(=O)c2ccc(C3(C(F)(F)F)N=N3)cc2)C1.